The Bertz CT molecular complexity index is 3560. The zero-order valence-corrected chi connectivity index (χ0v) is 48.7. The van der Waals surface area contributed by atoms with Crippen molar-refractivity contribution in [3.8, 4) is 22.3 Å². The molecule has 1 aliphatic rings. The molecule has 3 heterocycles. The van der Waals surface area contributed by atoms with Crippen LogP contribution in [0, 0.1) is 6.92 Å². The fraction of sp³-hybridized carbons (Fsp3) is 0.377. The number of nitrogens with one attached hydrogen (secondary N) is 4. The third kappa shape index (κ3) is 18.9. The third-order valence-electron chi connectivity index (χ3n) is 13.3. The number of rotatable bonds is 28. The molecule has 9 N–H and O–H groups in total. The number of aryl methyl sites for hydroxylation is 1. The first-order valence-corrected chi connectivity index (χ1v) is 31.7. The normalized spacial score (nSPS) is 14.1. The second-order valence-corrected chi connectivity index (χ2v) is 26.5. The maximum atomic E-state index is 13.3. The number of anilines is 1. The molecule has 0 spiro atoms. The summed E-state index contributed by atoms with van der Waals surface area (Å²) in [7, 11) is -17.8. The van der Waals surface area contributed by atoms with Gasteiger partial charge in [-0.1, -0.05) is 77.1 Å². The summed E-state index contributed by atoms with van der Waals surface area (Å²) in [4.78, 5) is 74.9. The molecule has 0 saturated heterocycles. The van der Waals surface area contributed by atoms with Crippen molar-refractivity contribution in [1.29, 1.82) is 0 Å². The average Bonchev–Trinajstić information content (AvgIpc) is 2.67. The van der Waals surface area contributed by atoms with Gasteiger partial charge < -0.3 is 31.3 Å². The van der Waals surface area contributed by atoms with Gasteiger partial charge in [0.2, 0.25) is 0 Å². The van der Waals surface area contributed by atoms with E-state index in [1.165, 1.54) is 24.3 Å². The van der Waals surface area contributed by atoms with Crippen LogP contribution in [0.4, 0.5) is 5.69 Å². The quantitative estimate of drug-likeness (QED) is 0.0217. The topological polar surface area (TPSA) is 400 Å². The number of unbranched alkanes of at least 4 members (excludes halogenated alkanes) is 2. The van der Waals surface area contributed by atoms with Crippen molar-refractivity contribution < 1.29 is 81.0 Å². The number of benzene rings is 2. The molecule has 0 fully saturated rings. The fourth-order valence-corrected chi connectivity index (χ4v) is 10.3. The van der Waals surface area contributed by atoms with Crippen LogP contribution in [-0.2, 0) is 56.1 Å². The molecule has 0 aliphatic carbocycles. The van der Waals surface area contributed by atoms with Crippen LogP contribution in [0.1, 0.15) is 112 Å². The Morgan fingerprint density at radius 3 is 1.40 bits per heavy atom. The molecule has 25 nitrogen and oxygen atoms in total. The summed E-state index contributed by atoms with van der Waals surface area (Å²) in [6.07, 6.45) is 7.26. The van der Waals surface area contributed by atoms with Gasteiger partial charge >= 0.3 is 5.97 Å². The number of hydrogen-bond donors (Lipinski definition) is 9. The molecule has 4 aromatic rings. The molecule has 1 aliphatic heterocycles. The summed E-state index contributed by atoms with van der Waals surface area (Å²) >= 11 is 0. The van der Waals surface area contributed by atoms with Gasteiger partial charge in [0.15, 0.2) is 0 Å². The molecule has 2 aromatic carbocycles. The average molecular weight is 1220 g/mol. The van der Waals surface area contributed by atoms with Crippen molar-refractivity contribution >= 4 is 75.8 Å². The Morgan fingerprint density at radius 1 is 0.598 bits per heavy atom. The Labute approximate surface area is 475 Å². The second kappa shape index (κ2) is 26.8. The number of pyridine rings is 2. The second-order valence-electron chi connectivity index (χ2n) is 20.2. The minimum absolute atomic E-state index is 0.00685. The predicted molar refractivity (Wildman–Crippen MR) is 305 cm³/mol. The van der Waals surface area contributed by atoms with Gasteiger partial charge in [0, 0.05) is 61.4 Å². The van der Waals surface area contributed by atoms with Crippen LogP contribution >= 0.6 is 0 Å². The molecule has 0 atom stereocenters. The smallest absolute Gasteiger partial charge is 0.303 e. The highest BCUT2D eigenvalue weighted by Gasteiger charge is 2.40. The Morgan fingerprint density at radius 2 is 1.00 bits per heavy atom. The SMILES string of the molecule is C=C(/C=C/C=C1/N(CCCCCC(=O)O)c2ccc(-c3cc(C(=O)NCCS(=O)(=O)O)nc(C(=O)NCCS(=O)(=O)O)c3)cc2C1(C)C)C(C)(C)c1cc(-c2cc(C(=O)NCCS(=O)(=O)O)nc(C(=O)NCCS(=O)(=O)O)c2)ccc1C. The molecular formula is C53H65N7O18S4. The number of hydrogen-bond acceptors (Lipinski definition) is 16. The molecule has 0 bridgehead atoms. The van der Waals surface area contributed by atoms with Gasteiger partial charge in [-0.15, -0.1) is 0 Å². The lowest BCUT2D eigenvalue weighted by Crippen LogP contribution is -2.32. The molecule has 0 unspecified atom stereocenters. The van der Waals surface area contributed by atoms with Crippen LogP contribution in [0.25, 0.3) is 22.3 Å². The van der Waals surface area contributed by atoms with E-state index in [4.69, 9.17) is 0 Å². The van der Waals surface area contributed by atoms with Crippen molar-refractivity contribution in [2.45, 2.75) is 71.1 Å². The number of carbonyl (C=O) groups is 5. The highest BCUT2D eigenvalue weighted by Crippen LogP contribution is 2.49. The van der Waals surface area contributed by atoms with Crippen LogP contribution in [0.3, 0.4) is 0 Å². The summed E-state index contributed by atoms with van der Waals surface area (Å²) in [6, 6.07) is 16.3. The highest BCUT2D eigenvalue weighted by atomic mass is 32.2. The maximum absolute atomic E-state index is 13.3. The molecular weight excluding hydrogens is 1150 g/mol. The van der Waals surface area contributed by atoms with Gasteiger partial charge in [-0.25, -0.2) is 9.97 Å². The number of carboxylic acid groups (broad SMARTS) is 1. The summed E-state index contributed by atoms with van der Waals surface area (Å²) < 4.78 is 127. The van der Waals surface area contributed by atoms with Gasteiger partial charge in [0.25, 0.3) is 64.1 Å². The summed E-state index contributed by atoms with van der Waals surface area (Å²) in [5.74, 6) is -7.70. The maximum Gasteiger partial charge on any atom is 0.303 e. The van der Waals surface area contributed by atoms with E-state index in [0.29, 0.717) is 53.6 Å². The Balaban J connectivity index is 1.52. The van der Waals surface area contributed by atoms with Crippen LogP contribution < -0.4 is 26.2 Å². The van der Waals surface area contributed by atoms with E-state index in [-0.39, 0.29) is 29.2 Å². The highest BCUT2D eigenvalue weighted by molar-refractivity contribution is 7.86. The van der Waals surface area contributed by atoms with Crippen molar-refractivity contribution in [2.24, 2.45) is 0 Å². The van der Waals surface area contributed by atoms with Crippen LogP contribution in [-0.4, -0.2) is 152 Å². The van der Waals surface area contributed by atoms with E-state index in [1.54, 1.807) is 12.1 Å². The summed E-state index contributed by atoms with van der Waals surface area (Å²) in [5, 5.41) is 18.6. The molecule has 0 saturated carbocycles. The number of aromatic nitrogens is 2. The van der Waals surface area contributed by atoms with Gasteiger partial charge in [-0.2, -0.15) is 33.7 Å². The van der Waals surface area contributed by atoms with E-state index in [0.717, 1.165) is 28.1 Å². The van der Waals surface area contributed by atoms with Gasteiger partial charge in [0.05, 0.1) is 23.0 Å². The molecule has 444 valence electrons. The molecule has 0 radical (unpaired) electrons. The van der Waals surface area contributed by atoms with E-state index in [1.807, 2.05) is 77.1 Å². The summed E-state index contributed by atoms with van der Waals surface area (Å²) in [5.41, 5.74) is 3.54. The van der Waals surface area contributed by atoms with Gasteiger partial charge in [-0.3, -0.25) is 42.2 Å². The first-order chi connectivity index (χ1) is 38.0. The zero-order chi connectivity index (χ0) is 61.2. The zero-order valence-electron chi connectivity index (χ0n) is 45.4. The minimum atomic E-state index is -4.45. The number of aliphatic carboxylic acids is 1. The largest absolute Gasteiger partial charge is 0.481 e. The number of nitrogens with zero attached hydrogens (tertiary/aromatic N) is 3. The van der Waals surface area contributed by atoms with E-state index in [9.17, 15) is 81.0 Å². The lowest BCUT2D eigenvalue weighted by molar-refractivity contribution is -0.137. The molecule has 2 aromatic heterocycles. The third-order valence-corrected chi connectivity index (χ3v) is 16.1. The molecule has 4 amide bonds. The lowest BCUT2D eigenvalue weighted by Gasteiger charge is -2.29. The number of allylic oxidation sites excluding steroid dienone is 5. The minimum Gasteiger partial charge on any atom is -0.481 e. The number of amides is 4. The van der Waals surface area contributed by atoms with Crippen molar-refractivity contribution in [3.05, 3.63) is 136 Å². The van der Waals surface area contributed by atoms with Crippen molar-refractivity contribution in [1.82, 2.24) is 31.2 Å². The number of carboxylic acids is 1. The Kier molecular flexibility index (Phi) is 21.4. The van der Waals surface area contributed by atoms with Crippen LogP contribution in [0.15, 0.2) is 96.7 Å². The van der Waals surface area contributed by atoms with Crippen LogP contribution in [0.5, 0.6) is 0 Å². The fourth-order valence-electron chi connectivity index (χ4n) is 8.83. The lowest BCUT2D eigenvalue weighted by atomic mass is 9.75. The predicted octanol–water partition coefficient (Wildman–Crippen LogP) is 4.31. The van der Waals surface area contributed by atoms with Crippen molar-refractivity contribution in [3.63, 3.8) is 0 Å². The van der Waals surface area contributed by atoms with Gasteiger partial charge in [0.1, 0.15) is 22.8 Å². The van der Waals surface area contributed by atoms with E-state index >= 15 is 0 Å². The molecule has 82 heavy (non-hydrogen) atoms. The molecule has 5 rings (SSSR count). The van der Waals surface area contributed by atoms with Crippen LogP contribution in [0.2, 0.25) is 0 Å². The van der Waals surface area contributed by atoms with E-state index < -0.39 is 130 Å². The van der Waals surface area contributed by atoms with Crippen molar-refractivity contribution in [2.75, 3.05) is 60.6 Å². The van der Waals surface area contributed by atoms with E-state index in [2.05, 4.69) is 42.7 Å². The first-order valence-electron chi connectivity index (χ1n) is 25.3. The Hall–Kier alpha value is -7.25. The first kappa shape index (κ1) is 65.6. The standard InChI is InChI=1S/C53H65N7O18S4/c1-33-14-15-35(37-29-41(48(63)54-18-23-79(67,68)69)58-42(30-37)49(64)55-19-24-80(70,71)72)27-39(33)52(3,4)34(2)11-10-12-46-53(5,6)40-28-36(16-17-45(40)60(46)22-9-7-8-13-47(61)62)38-31-43(50(65)56-20-25-81(73,74)75)59-44(32-38)51(66)57-21-26-82(76,77)78/h10-12,14-17,27-32H,2,7-9,13,18-26H2,1,3-6H3,(H,54,63)(H,55,64)(H,56,65)(H,57,66)(H,61,62)(H,67,68,69)(H,70,71,72)(H,73,74,75)(H,76,77,78)/b11-10+,46-12+. The summed E-state index contributed by atoms with van der Waals surface area (Å²) in [6.45, 7) is 12.7. The van der Waals surface area contributed by atoms with Gasteiger partial charge in [-0.05, 0) is 107 Å². The molecule has 29 heteroatoms. The number of fused-ring (bicyclic) bond motifs is 1. The number of carbonyl (C=O) groups excluding carboxylic acids is 4. The monoisotopic (exact) mass is 1220 g/mol.